The molecule has 0 radical (unpaired) electrons. The van der Waals surface area contributed by atoms with Gasteiger partial charge in [0.25, 0.3) is 5.91 Å². The first-order valence-corrected chi connectivity index (χ1v) is 15.9. The molecule has 0 saturated carbocycles. The van der Waals surface area contributed by atoms with Crippen molar-refractivity contribution in [2.24, 2.45) is 0 Å². The fourth-order valence-corrected chi connectivity index (χ4v) is 6.76. The molecular formula is C31H34N6O4S. The molecule has 4 aromatic rings. The van der Waals surface area contributed by atoms with E-state index in [1.807, 2.05) is 42.5 Å². The lowest BCUT2D eigenvalue weighted by molar-refractivity contribution is -0.00545. The molecule has 0 unspecified atom stereocenters. The number of hydrogen-bond donors (Lipinski definition) is 1. The Morgan fingerprint density at radius 2 is 1.81 bits per heavy atom. The van der Waals surface area contributed by atoms with E-state index in [2.05, 4.69) is 29.0 Å². The van der Waals surface area contributed by atoms with Crippen LogP contribution < -0.4 is 14.5 Å². The van der Waals surface area contributed by atoms with Gasteiger partial charge in [0, 0.05) is 36.8 Å². The van der Waals surface area contributed by atoms with E-state index in [0.29, 0.717) is 29.9 Å². The summed E-state index contributed by atoms with van der Waals surface area (Å²) >= 11 is 0. The van der Waals surface area contributed by atoms with Gasteiger partial charge in [0.2, 0.25) is 10.0 Å². The van der Waals surface area contributed by atoms with Crippen molar-refractivity contribution in [1.82, 2.24) is 20.3 Å². The molecule has 1 aromatic carbocycles. The van der Waals surface area contributed by atoms with E-state index in [1.54, 1.807) is 25.3 Å². The smallest absolute Gasteiger partial charge is 0.251 e. The Balaban J connectivity index is 1.18. The number of carbonyl (C=O) groups is 1. The standard InChI is InChI=1S/C31H34N6O4S/c1-4-42(39,40)37-13-12-22-8-9-23(14-29(22)37)31(38)33-17-25-15-28-24(16-32-25)10-11-27(34-28)26-6-5-7-30(35-26)36-18-20(2)41-21(3)19-36/h5-11,14-16,20-21H,4,12-13,17-19H2,1-3H3,(H,33,38)/t20-,21+. The van der Waals surface area contributed by atoms with Crippen LogP contribution in [-0.2, 0) is 27.7 Å². The number of fused-ring (bicyclic) bond motifs is 2. The number of amides is 1. The highest BCUT2D eigenvalue weighted by Crippen LogP contribution is 2.31. The van der Waals surface area contributed by atoms with Gasteiger partial charge in [0.15, 0.2) is 0 Å². The molecule has 11 heteroatoms. The van der Waals surface area contributed by atoms with Gasteiger partial charge >= 0.3 is 0 Å². The number of carbonyl (C=O) groups excluding carboxylic acids is 1. The number of benzene rings is 1. The highest BCUT2D eigenvalue weighted by atomic mass is 32.2. The van der Waals surface area contributed by atoms with Crippen LogP contribution in [0.15, 0.2) is 60.8 Å². The second-order valence-electron chi connectivity index (χ2n) is 10.9. The number of pyridine rings is 3. The zero-order chi connectivity index (χ0) is 29.4. The van der Waals surface area contributed by atoms with Crippen molar-refractivity contribution < 1.29 is 17.9 Å². The van der Waals surface area contributed by atoms with Crippen LogP contribution in [0, 0.1) is 0 Å². The van der Waals surface area contributed by atoms with Gasteiger partial charge in [0.1, 0.15) is 5.82 Å². The van der Waals surface area contributed by atoms with Crippen molar-refractivity contribution in [3.05, 3.63) is 77.6 Å². The summed E-state index contributed by atoms with van der Waals surface area (Å²) in [6.45, 7) is 7.95. The normalized spacial score (nSPS) is 18.7. The Bertz CT molecular complexity index is 1750. The molecule has 10 nitrogen and oxygen atoms in total. The van der Waals surface area contributed by atoms with Gasteiger partial charge in [-0.3, -0.25) is 14.1 Å². The molecule has 1 saturated heterocycles. The highest BCUT2D eigenvalue weighted by molar-refractivity contribution is 7.92. The maximum atomic E-state index is 13.0. The van der Waals surface area contributed by atoms with Crippen molar-refractivity contribution in [1.29, 1.82) is 0 Å². The van der Waals surface area contributed by atoms with Gasteiger partial charge in [-0.25, -0.2) is 18.4 Å². The summed E-state index contributed by atoms with van der Waals surface area (Å²) in [4.78, 5) is 29.5. The van der Waals surface area contributed by atoms with Crippen molar-refractivity contribution in [3.63, 3.8) is 0 Å². The van der Waals surface area contributed by atoms with E-state index in [9.17, 15) is 13.2 Å². The molecule has 0 spiro atoms. The first-order valence-electron chi connectivity index (χ1n) is 14.2. The van der Waals surface area contributed by atoms with Crippen LogP contribution in [0.2, 0.25) is 0 Å². The third-order valence-corrected chi connectivity index (χ3v) is 9.48. The van der Waals surface area contributed by atoms with E-state index in [0.717, 1.165) is 46.8 Å². The predicted molar refractivity (Wildman–Crippen MR) is 163 cm³/mol. The minimum Gasteiger partial charge on any atom is -0.372 e. The number of sulfonamides is 1. The first kappa shape index (κ1) is 28.0. The lowest BCUT2D eigenvalue weighted by atomic mass is 10.1. The minimum absolute atomic E-state index is 0.0141. The third kappa shape index (κ3) is 5.66. The summed E-state index contributed by atoms with van der Waals surface area (Å²) in [5, 5.41) is 3.80. The first-order chi connectivity index (χ1) is 20.2. The van der Waals surface area contributed by atoms with Crippen molar-refractivity contribution >= 4 is 38.3 Å². The fourth-order valence-electron chi connectivity index (χ4n) is 5.61. The number of nitrogens with zero attached hydrogens (tertiary/aromatic N) is 5. The molecule has 2 aliphatic rings. The molecule has 1 fully saturated rings. The molecule has 0 bridgehead atoms. The number of anilines is 2. The Morgan fingerprint density at radius 3 is 2.60 bits per heavy atom. The molecule has 42 heavy (non-hydrogen) atoms. The molecule has 2 aliphatic heterocycles. The van der Waals surface area contributed by atoms with Gasteiger partial charge in [0.05, 0.1) is 52.8 Å². The van der Waals surface area contributed by atoms with E-state index < -0.39 is 10.0 Å². The van der Waals surface area contributed by atoms with Gasteiger partial charge < -0.3 is 15.0 Å². The summed E-state index contributed by atoms with van der Waals surface area (Å²) in [5.74, 6) is 0.617. The van der Waals surface area contributed by atoms with E-state index >= 15 is 0 Å². The molecule has 3 aromatic heterocycles. The number of morpholine rings is 1. The maximum absolute atomic E-state index is 13.0. The largest absolute Gasteiger partial charge is 0.372 e. The number of ether oxygens (including phenoxy) is 1. The molecule has 218 valence electrons. The zero-order valence-corrected chi connectivity index (χ0v) is 24.8. The number of hydrogen-bond acceptors (Lipinski definition) is 8. The summed E-state index contributed by atoms with van der Waals surface area (Å²) in [6, 6.07) is 17.0. The van der Waals surface area contributed by atoms with E-state index in [1.165, 1.54) is 4.31 Å². The molecule has 2 atom stereocenters. The second-order valence-corrected chi connectivity index (χ2v) is 13.0. The second kappa shape index (κ2) is 11.3. The van der Waals surface area contributed by atoms with Crippen molar-refractivity contribution in [2.45, 2.75) is 45.9 Å². The third-order valence-electron chi connectivity index (χ3n) is 7.70. The van der Waals surface area contributed by atoms with Gasteiger partial charge in [-0.1, -0.05) is 12.1 Å². The lowest BCUT2D eigenvalue weighted by Crippen LogP contribution is -2.45. The van der Waals surface area contributed by atoms with Crippen LogP contribution in [0.3, 0.4) is 0 Å². The van der Waals surface area contributed by atoms with Crippen LogP contribution in [0.1, 0.15) is 42.4 Å². The van der Waals surface area contributed by atoms with Crippen LogP contribution in [0.25, 0.3) is 22.3 Å². The van der Waals surface area contributed by atoms with Crippen molar-refractivity contribution in [3.8, 4) is 11.4 Å². The number of nitrogens with one attached hydrogen (secondary N) is 1. The summed E-state index contributed by atoms with van der Waals surface area (Å²) in [6.07, 6.45) is 2.66. The minimum atomic E-state index is -3.39. The summed E-state index contributed by atoms with van der Waals surface area (Å²) in [7, 11) is -3.39. The Hall–Kier alpha value is -4.09. The SMILES string of the molecule is CCS(=O)(=O)N1CCc2ccc(C(=O)NCc3cc4nc(-c5cccc(N6C[C@@H](C)O[C@@H](C)C6)n5)ccc4cn3)cc21. The average molecular weight is 587 g/mol. The monoisotopic (exact) mass is 586 g/mol. The van der Waals surface area contributed by atoms with Gasteiger partial charge in [-0.15, -0.1) is 0 Å². The highest BCUT2D eigenvalue weighted by Gasteiger charge is 2.29. The molecule has 6 rings (SSSR count). The van der Waals surface area contributed by atoms with Crippen LogP contribution in [0.5, 0.6) is 0 Å². The number of rotatable bonds is 7. The van der Waals surface area contributed by atoms with Gasteiger partial charge in [-0.2, -0.15) is 0 Å². The maximum Gasteiger partial charge on any atom is 0.251 e. The molecule has 1 amide bonds. The van der Waals surface area contributed by atoms with Gasteiger partial charge in [-0.05, 0) is 75.2 Å². The Morgan fingerprint density at radius 1 is 1.02 bits per heavy atom. The lowest BCUT2D eigenvalue weighted by Gasteiger charge is -2.36. The van der Waals surface area contributed by atoms with E-state index in [-0.39, 0.29) is 30.4 Å². The summed E-state index contributed by atoms with van der Waals surface area (Å²) < 4.78 is 32.3. The molecule has 1 N–H and O–H groups in total. The topological polar surface area (TPSA) is 118 Å². The van der Waals surface area contributed by atoms with Crippen molar-refractivity contribution in [2.75, 3.05) is 34.6 Å². The molecule has 5 heterocycles. The summed E-state index contributed by atoms with van der Waals surface area (Å²) in [5.41, 5.74) is 4.87. The molecule has 0 aliphatic carbocycles. The van der Waals surface area contributed by atoms with E-state index in [4.69, 9.17) is 14.7 Å². The average Bonchev–Trinajstić information content (AvgIpc) is 3.43. The Kier molecular flexibility index (Phi) is 7.54. The number of aromatic nitrogens is 3. The van der Waals surface area contributed by atoms with Crippen LogP contribution in [-0.4, -0.2) is 66.9 Å². The molecular weight excluding hydrogens is 552 g/mol. The fraction of sp³-hybridized carbons (Fsp3) is 0.355. The van der Waals surface area contributed by atoms with Crippen LogP contribution >= 0.6 is 0 Å². The van der Waals surface area contributed by atoms with Crippen LogP contribution in [0.4, 0.5) is 11.5 Å². The zero-order valence-electron chi connectivity index (χ0n) is 23.9. The Labute approximate surface area is 245 Å². The quantitative estimate of drug-likeness (QED) is 0.346. The predicted octanol–water partition coefficient (Wildman–Crippen LogP) is 3.95.